The first-order valence-corrected chi connectivity index (χ1v) is 11.3. The molecule has 31 heavy (non-hydrogen) atoms. The van der Waals surface area contributed by atoms with E-state index >= 15 is 0 Å². The van der Waals surface area contributed by atoms with Crippen molar-refractivity contribution < 1.29 is 14.6 Å². The minimum Gasteiger partial charge on any atom is -0.441 e. The molecule has 0 aliphatic heterocycles. The van der Waals surface area contributed by atoms with Crippen LogP contribution in [0.2, 0.25) is 0 Å². The first-order chi connectivity index (χ1) is 15.0. The summed E-state index contributed by atoms with van der Waals surface area (Å²) in [4.78, 5) is 17.4. The number of nitrogens with zero attached hydrogens (tertiary/aromatic N) is 1. The Hall–Kier alpha value is -2.74. The quantitative estimate of drug-likeness (QED) is 0.446. The molecule has 0 bridgehead atoms. The molecular formula is C24H29N3O3S. The largest absolute Gasteiger partial charge is 0.441 e. The van der Waals surface area contributed by atoms with Crippen LogP contribution in [0.1, 0.15) is 35.5 Å². The number of alkyl carbamates (subject to hydrolysis) is 1. The van der Waals surface area contributed by atoms with E-state index in [1.165, 1.54) is 11.3 Å². The van der Waals surface area contributed by atoms with Crippen molar-refractivity contribution >= 4 is 17.4 Å². The van der Waals surface area contributed by atoms with Gasteiger partial charge < -0.3 is 20.9 Å². The predicted octanol–water partition coefficient (Wildman–Crippen LogP) is 3.86. The molecule has 1 heterocycles. The molecule has 1 unspecified atom stereocenters. The van der Waals surface area contributed by atoms with Gasteiger partial charge in [0, 0.05) is 12.2 Å². The summed E-state index contributed by atoms with van der Waals surface area (Å²) >= 11 is 1.43. The Balaban J connectivity index is 1.62. The molecule has 0 fully saturated rings. The lowest BCUT2D eigenvalue weighted by Gasteiger charge is -2.27. The minimum absolute atomic E-state index is 0.232. The van der Waals surface area contributed by atoms with Gasteiger partial charge in [0.15, 0.2) is 0 Å². The molecule has 0 saturated carbocycles. The third-order valence-corrected chi connectivity index (χ3v) is 6.02. The Bertz CT molecular complexity index is 906. The number of carbonyl (C=O) groups is 1. The van der Waals surface area contributed by atoms with Crippen LogP contribution in [0.3, 0.4) is 0 Å². The standard InChI is InChI=1S/C24H29N3O3S/c1-17(23-15-26-16-31-23)30-24(29)27-21(13-19-10-6-3-7-11-19)22(28)14-20(25)12-18-8-4-2-5-9-18/h2-11,15-17,20-22,28H,12-14,25H2,1H3,(H,27,29)/t17?,20-,21-,22-/m0/s1. The van der Waals surface area contributed by atoms with E-state index in [1.807, 2.05) is 60.7 Å². The Morgan fingerprint density at radius 1 is 1.10 bits per heavy atom. The number of ether oxygens (including phenoxy) is 1. The molecule has 4 atom stereocenters. The molecule has 3 rings (SSSR count). The van der Waals surface area contributed by atoms with Crippen molar-refractivity contribution in [2.75, 3.05) is 0 Å². The van der Waals surface area contributed by atoms with Crippen LogP contribution in [0.15, 0.2) is 72.4 Å². The molecule has 2 aromatic carbocycles. The smallest absolute Gasteiger partial charge is 0.408 e. The molecule has 0 radical (unpaired) electrons. The van der Waals surface area contributed by atoms with Gasteiger partial charge in [0.1, 0.15) is 6.10 Å². The van der Waals surface area contributed by atoms with E-state index in [0.29, 0.717) is 19.3 Å². The highest BCUT2D eigenvalue weighted by Gasteiger charge is 2.25. The summed E-state index contributed by atoms with van der Waals surface area (Å²) in [6.45, 7) is 1.80. The molecule has 0 saturated heterocycles. The topological polar surface area (TPSA) is 97.5 Å². The monoisotopic (exact) mass is 439 g/mol. The van der Waals surface area contributed by atoms with Crippen LogP contribution in [0.4, 0.5) is 4.79 Å². The molecule has 1 aromatic heterocycles. The highest BCUT2D eigenvalue weighted by Crippen LogP contribution is 2.20. The van der Waals surface area contributed by atoms with E-state index in [2.05, 4.69) is 10.3 Å². The van der Waals surface area contributed by atoms with Gasteiger partial charge in [0.2, 0.25) is 0 Å². The fraction of sp³-hybridized carbons (Fsp3) is 0.333. The number of nitrogens with two attached hydrogens (primary N) is 1. The zero-order valence-corrected chi connectivity index (χ0v) is 18.4. The van der Waals surface area contributed by atoms with Crippen molar-refractivity contribution in [1.29, 1.82) is 0 Å². The van der Waals surface area contributed by atoms with Gasteiger partial charge in [-0.05, 0) is 37.3 Å². The van der Waals surface area contributed by atoms with E-state index < -0.39 is 24.3 Å². The highest BCUT2D eigenvalue weighted by molar-refractivity contribution is 7.09. The minimum atomic E-state index is -0.815. The van der Waals surface area contributed by atoms with Crippen LogP contribution in [0.25, 0.3) is 0 Å². The number of aliphatic hydroxyl groups excluding tert-OH is 1. The van der Waals surface area contributed by atoms with Crippen LogP contribution in [0, 0.1) is 0 Å². The predicted molar refractivity (Wildman–Crippen MR) is 123 cm³/mol. The Morgan fingerprint density at radius 3 is 2.29 bits per heavy atom. The molecule has 164 valence electrons. The molecule has 3 aromatic rings. The molecule has 7 heteroatoms. The van der Waals surface area contributed by atoms with Crippen molar-refractivity contribution in [2.24, 2.45) is 5.73 Å². The second-order valence-corrected chi connectivity index (χ2v) is 8.56. The van der Waals surface area contributed by atoms with Gasteiger partial charge in [-0.1, -0.05) is 60.7 Å². The molecule has 0 spiro atoms. The average Bonchev–Trinajstić information content (AvgIpc) is 3.30. The van der Waals surface area contributed by atoms with Crippen molar-refractivity contribution in [3.05, 3.63) is 88.4 Å². The van der Waals surface area contributed by atoms with Crippen LogP contribution < -0.4 is 11.1 Å². The molecule has 6 nitrogen and oxygen atoms in total. The van der Waals surface area contributed by atoms with Crippen LogP contribution >= 0.6 is 11.3 Å². The summed E-state index contributed by atoms with van der Waals surface area (Å²) in [7, 11) is 0. The van der Waals surface area contributed by atoms with Crippen molar-refractivity contribution in [3.63, 3.8) is 0 Å². The van der Waals surface area contributed by atoms with E-state index in [4.69, 9.17) is 10.5 Å². The molecule has 4 N–H and O–H groups in total. The normalized spacial score (nSPS) is 14.9. The Labute approximate surface area is 187 Å². The lowest BCUT2D eigenvalue weighted by atomic mass is 9.94. The zero-order chi connectivity index (χ0) is 22.1. The lowest BCUT2D eigenvalue weighted by Crippen LogP contribution is -2.47. The number of hydrogen-bond acceptors (Lipinski definition) is 6. The van der Waals surface area contributed by atoms with E-state index in [1.54, 1.807) is 18.6 Å². The van der Waals surface area contributed by atoms with Crippen LogP contribution in [-0.4, -0.2) is 34.4 Å². The van der Waals surface area contributed by atoms with E-state index in [0.717, 1.165) is 16.0 Å². The van der Waals surface area contributed by atoms with Gasteiger partial charge in [-0.15, -0.1) is 11.3 Å². The summed E-state index contributed by atoms with van der Waals surface area (Å²) in [5, 5.41) is 13.8. The molecular weight excluding hydrogens is 410 g/mol. The number of thiazole rings is 1. The third kappa shape index (κ3) is 7.47. The summed E-state index contributed by atoms with van der Waals surface area (Å²) in [6.07, 6.45) is 1.37. The van der Waals surface area contributed by atoms with Crippen LogP contribution in [-0.2, 0) is 17.6 Å². The van der Waals surface area contributed by atoms with Crippen LogP contribution in [0.5, 0.6) is 0 Å². The van der Waals surface area contributed by atoms with E-state index in [9.17, 15) is 9.90 Å². The summed E-state index contributed by atoms with van der Waals surface area (Å²) in [6, 6.07) is 18.9. The zero-order valence-electron chi connectivity index (χ0n) is 17.6. The maximum absolute atomic E-state index is 12.5. The number of nitrogens with one attached hydrogen (secondary N) is 1. The highest BCUT2D eigenvalue weighted by atomic mass is 32.1. The number of aromatic nitrogens is 1. The lowest BCUT2D eigenvalue weighted by molar-refractivity contribution is 0.0788. The second kappa shape index (κ2) is 11.6. The van der Waals surface area contributed by atoms with Crippen molar-refractivity contribution in [3.8, 4) is 0 Å². The fourth-order valence-electron chi connectivity index (χ4n) is 3.46. The second-order valence-electron chi connectivity index (χ2n) is 7.64. The van der Waals surface area contributed by atoms with Gasteiger partial charge in [-0.2, -0.15) is 0 Å². The molecule has 0 aliphatic carbocycles. The third-order valence-electron chi connectivity index (χ3n) is 5.09. The maximum Gasteiger partial charge on any atom is 0.408 e. The Kier molecular flexibility index (Phi) is 8.58. The van der Waals surface area contributed by atoms with Gasteiger partial charge in [0.05, 0.1) is 22.5 Å². The van der Waals surface area contributed by atoms with Crippen molar-refractivity contribution in [1.82, 2.24) is 10.3 Å². The average molecular weight is 440 g/mol. The fourth-order valence-corrected chi connectivity index (χ4v) is 4.06. The summed E-state index contributed by atoms with van der Waals surface area (Å²) < 4.78 is 5.49. The SMILES string of the molecule is CC(OC(=O)N[C@@H](Cc1ccccc1)[C@@H](O)C[C@@H](N)Cc1ccccc1)c1cncs1. The molecule has 0 aliphatic rings. The van der Waals surface area contributed by atoms with Crippen molar-refractivity contribution in [2.45, 2.75) is 50.5 Å². The van der Waals surface area contributed by atoms with Gasteiger partial charge in [-0.3, -0.25) is 4.98 Å². The first-order valence-electron chi connectivity index (χ1n) is 10.4. The van der Waals surface area contributed by atoms with Gasteiger partial charge in [-0.25, -0.2) is 4.79 Å². The number of benzene rings is 2. The number of carbonyl (C=O) groups excluding carboxylic acids is 1. The number of amides is 1. The number of hydrogen-bond donors (Lipinski definition) is 3. The first kappa shape index (κ1) is 22.9. The van der Waals surface area contributed by atoms with Gasteiger partial charge >= 0.3 is 6.09 Å². The Morgan fingerprint density at radius 2 is 1.71 bits per heavy atom. The number of aliphatic hydroxyl groups is 1. The summed E-state index contributed by atoms with van der Waals surface area (Å²) in [5.41, 5.74) is 10.1. The summed E-state index contributed by atoms with van der Waals surface area (Å²) in [5.74, 6) is 0. The number of rotatable bonds is 10. The van der Waals surface area contributed by atoms with E-state index in [-0.39, 0.29) is 6.04 Å². The maximum atomic E-state index is 12.5. The molecule has 1 amide bonds. The van der Waals surface area contributed by atoms with Gasteiger partial charge in [0.25, 0.3) is 0 Å².